The minimum absolute atomic E-state index is 0.0000344. The second-order valence-corrected chi connectivity index (χ2v) is 6.79. The molecule has 1 fully saturated rings. The van der Waals surface area contributed by atoms with Gasteiger partial charge in [-0.3, -0.25) is 9.59 Å². The zero-order valence-corrected chi connectivity index (χ0v) is 15.0. The monoisotopic (exact) mass is 366 g/mol. The maximum absolute atomic E-state index is 12.4. The summed E-state index contributed by atoms with van der Waals surface area (Å²) in [5, 5.41) is 2.98. The number of benzene rings is 2. The third-order valence-corrected chi connectivity index (χ3v) is 4.81. The van der Waals surface area contributed by atoms with Gasteiger partial charge in [0.05, 0.1) is 6.04 Å². The van der Waals surface area contributed by atoms with Crippen LogP contribution in [0.1, 0.15) is 18.4 Å². The lowest BCUT2D eigenvalue weighted by Crippen LogP contribution is -2.37. The first-order valence-electron chi connectivity index (χ1n) is 9.22. The van der Waals surface area contributed by atoms with Gasteiger partial charge in [0.25, 0.3) is 0 Å². The van der Waals surface area contributed by atoms with Crippen LogP contribution in [0.15, 0.2) is 48.5 Å². The standard InChI is InChI=1S/C21H22N2O4/c24-20(9-6-15-4-2-1-3-5-15)22-16-12-21(25)23(14-16)17-7-8-18-19(13-17)27-11-10-26-18/h1-5,7-8,13,16H,6,9-12,14H2,(H,22,24). The molecule has 2 heterocycles. The summed E-state index contributed by atoms with van der Waals surface area (Å²) in [5.74, 6) is 1.32. The lowest BCUT2D eigenvalue weighted by Gasteiger charge is -2.22. The van der Waals surface area contributed by atoms with E-state index < -0.39 is 0 Å². The number of fused-ring (bicyclic) bond motifs is 1. The van der Waals surface area contributed by atoms with Gasteiger partial charge in [0, 0.05) is 31.1 Å². The van der Waals surface area contributed by atoms with Gasteiger partial charge >= 0.3 is 0 Å². The van der Waals surface area contributed by atoms with Crippen LogP contribution < -0.4 is 19.7 Å². The van der Waals surface area contributed by atoms with E-state index in [2.05, 4.69) is 5.32 Å². The number of carbonyl (C=O) groups excluding carboxylic acids is 2. The van der Waals surface area contributed by atoms with Gasteiger partial charge in [0.2, 0.25) is 11.8 Å². The van der Waals surface area contributed by atoms with Crippen LogP contribution in [0.5, 0.6) is 11.5 Å². The molecule has 0 bridgehead atoms. The Morgan fingerprint density at radius 1 is 1.07 bits per heavy atom. The Balaban J connectivity index is 1.34. The maximum Gasteiger partial charge on any atom is 0.229 e. The molecule has 6 heteroatoms. The van der Waals surface area contributed by atoms with Crippen LogP contribution in [0.25, 0.3) is 0 Å². The Morgan fingerprint density at radius 3 is 2.67 bits per heavy atom. The summed E-state index contributed by atoms with van der Waals surface area (Å²) in [5.41, 5.74) is 1.90. The molecule has 2 aliphatic rings. The van der Waals surface area contributed by atoms with E-state index in [1.54, 1.807) is 4.90 Å². The maximum atomic E-state index is 12.4. The molecule has 4 rings (SSSR count). The van der Waals surface area contributed by atoms with Gasteiger partial charge in [0.1, 0.15) is 13.2 Å². The quantitative estimate of drug-likeness (QED) is 0.882. The molecule has 2 amide bonds. The van der Waals surface area contributed by atoms with Crippen molar-refractivity contribution in [2.75, 3.05) is 24.7 Å². The molecule has 0 spiro atoms. The Labute approximate surface area is 158 Å². The van der Waals surface area contributed by atoms with Crippen molar-refractivity contribution in [2.45, 2.75) is 25.3 Å². The molecule has 6 nitrogen and oxygen atoms in total. The summed E-state index contributed by atoms with van der Waals surface area (Å²) in [6, 6.07) is 15.2. The van der Waals surface area contributed by atoms with Crippen molar-refractivity contribution < 1.29 is 19.1 Å². The SMILES string of the molecule is O=C(CCc1ccccc1)NC1CC(=O)N(c2ccc3c(c2)OCCO3)C1. The highest BCUT2D eigenvalue weighted by Crippen LogP contribution is 2.35. The summed E-state index contributed by atoms with van der Waals surface area (Å²) >= 11 is 0. The van der Waals surface area contributed by atoms with E-state index in [1.165, 1.54) is 0 Å². The molecule has 0 aromatic heterocycles. The first kappa shape index (κ1) is 17.4. The fourth-order valence-corrected chi connectivity index (χ4v) is 3.46. The number of hydrogen-bond donors (Lipinski definition) is 1. The number of hydrogen-bond acceptors (Lipinski definition) is 4. The first-order chi connectivity index (χ1) is 13.2. The second kappa shape index (κ2) is 7.70. The highest BCUT2D eigenvalue weighted by Gasteiger charge is 2.32. The number of amides is 2. The van der Waals surface area contributed by atoms with E-state index in [1.807, 2.05) is 48.5 Å². The molecule has 1 unspecified atom stereocenters. The third kappa shape index (κ3) is 4.05. The second-order valence-electron chi connectivity index (χ2n) is 6.79. The van der Waals surface area contributed by atoms with Gasteiger partial charge in [-0.1, -0.05) is 30.3 Å². The molecule has 1 atom stereocenters. The van der Waals surface area contributed by atoms with E-state index in [0.29, 0.717) is 50.5 Å². The van der Waals surface area contributed by atoms with Gasteiger partial charge in [0.15, 0.2) is 11.5 Å². The molecule has 0 aliphatic carbocycles. The summed E-state index contributed by atoms with van der Waals surface area (Å²) in [6.07, 6.45) is 1.42. The predicted octanol–water partition coefficient (Wildman–Crippen LogP) is 2.31. The number of rotatable bonds is 5. The summed E-state index contributed by atoms with van der Waals surface area (Å²) < 4.78 is 11.1. The Bertz CT molecular complexity index is 837. The van der Waals surface area contributed by atoms with Crippen LogP contribution in [-0.4, -0.2) is 37.6 Å². The topological polar surface area (TPSA) is 67.9 Å². The largest absolute Gasteiger partial charge is 0.486 e. The Morgan fingerprint density at radius 2 is 1.85 bits per heavy atom. The molecule has 1 saturated heterocycles. The highest BCUT2D eigenvalue weighted by molar-refractivity contribution is 5.97. The van der Waals surface area contributed by atoms with Gasteiger partial charge < -0.3 is 19.7 Å². The highest BCUT2D eigenvalue weighted by atomic mass is 16.6. The Hall–Kier alpha value is -3.02. The third-order valence-electron chi connectivity index (χ3n) is 4.81. The summed E-state index contributed by atoms with van der Waals surface area (Å²) in [4.78, 5) is 26.3. The minimum Gasteiger partial charge on any atom is -0.486 e. The molecule has 1 N–H and O–H groups in total. The van der Waals surface area contributed by atoms with Crippen LogP contribution in [-0.2, 0) is 16.0 Å². The van der Waals surface area contributed by atoms with Gasteiger partial charge in [-0.15, -0.1) is 0 Å². The van der Waals surface area contributed by atoms with Crippen LogP contribution in [0, 0.1) is 0 Å². The average molecular weight is 366 g/mol. The van der Waals surface area contributed by atoms with Crippen LogP contribution in [0.2, 0.25) is 0 Å². The summed E-state index contributed by atoms with van der Waals surface area (Å²) in [6.45, 7) is 1.51. The minimum atomic E-state index is -0.172. The zero-order chi connectivity index (χ0) is 18.6. The molecule has 27 heavy (non-hydrogen) atoms. The molecule has 140 valence electrons. The van der Waals surface area contributed by atoms with Crippen molar-refractivity contribution in [3.05, 3.63) is 54.1 Å². The number of carbonyl (C=O) groups is 2. The molecule has 0 saturated carbocycles. The van der Waals surface area contributed by atoms with Crippen molar-refractivity contribution in [2.24, 2.45) is 0 Å². The van der Waals surface area contributed by atoms with E-state index >= 15 is 0 Å². The van der Waals surface area contributed by atoms with Gasteiger partial charge in [-0.05, 0) is 24.1 Å². The van der Waals surface area contributed by atoms with Crippen LogP contribution in [0.3, 0.4) is 0 Å². The number of ether oxygens (including phenoxy) is 2. The van der Waals surface area contributed by atoms with Crippen molar-refractivity contribution in [3.8, 4) is 11.5 Å². The number of anilines is 1. The average Bonchev–Trinajstić information content (AvgIpc) is 3.07. The van der Waals surface area contributed by atoms with E-state index in [4.69, 9.17) is 9.47 Å². The van der Waals surface area contributed by atoms with E-state index in [-0.39, 0.29) is 17.9 Å². The van der Waals surface area contributed by atoms with Gasteiger partial charge in [-0.25, -0.2) is 0 Å². The fourth-order valence-electron chi connectivity index (χ4n) is 3.46. The normalized spacial score (nSPS) is 18.4. The van der Waals surface area contributed by atoms with Crippen LogP contribution in [0.4, 0.5) is 5.69 Å². The lowest BCUT2D eigenvalue weighted by atomic mass is 10.1. The number of aryl methyl sites for hydroxylation is 1. The van der Waals surface area contributed by atoms with E-state index in [9.17, 15) is 9.59 Å². The molecule has 0 radical (unpaired) electrons. The molecule has 2 aromatic rings. The predicted molar refractivity (Wildman–Crippen MR) is 101 cm³/mol. The fraction of sp³-hybridized carbons (Fsp3) is 0.333. The van der Waals surface area contributed by atoms with Gasteiger partial charge in [-0.2, -0.15) is 0 Å². The van der Waals surface area contributed by atoms with Crippen molar-refractivity contribution in [1.29, 1.82) is 0 Å². The number of nitrogens with zero attached hydrogens (tertiary/aromatic N) is 1. The van der Waals surface area contributed by atoms with Crippen LogP contribution >= 0.6 is 0 Å². The molecular formula is C21H22N2O4. The first-order valence-corrected chi connectivity index (χ1v) is 9.22. The van der Waals surface area contributed by atoms with E-state index in [0.717, 1.165) is 11.3 Å². The lowest BCUT2D eigenvalue weighted by molar-refractivity contribution is -0.121. The Kier molecular flexibility index (Phi) is 4.96. The van der Waals surface area contributed by atoms with Crippen molar-refractivity contribution in [1.82, 2.24) is 5.32 Å². The van der Waals surface area contributed by atoms with Crippen molar-refractivity contribution in [3.63, 3.8) is 0 Å². The summed E-state index contributed by atoms with van der Waals surface area (Å²) in [7, 11) is 0. The zero-order valence-electron chi connectivity index (χ0n) is 15.0. The molecule has 2 aliphatic heterocycles. The molecule has 2 aromatic carbocycles. The number of nitrogens with one attached hydrogen (secondary N) is 1. The smallest absolute Gasteiger partial charge is 0.229 e. The molecular weight excluding hydrogens is 344 g/mol. The van der Waals surface area contributed by atoms with Crippen molar-refractivity contribution >= 4 is 17.5 Å².